The normalized spacial score (nSPS) is 16.1. The Morgan fingerprint density at radius 2 is 1.79 bits per heavy atom. The van der Waals surface area contributed by atoms with Crippen molar-refractivity contribution in [1.29, 1.82) is 0 Å². The second-order valence-corrected chi connectivity index (χ2v) is 10.3. The summed E-state index contributed by atoms with van der Waals surface area (Å²) in [6, 6.07) is 20.6. The maximum absolute atomic E-state index is 14.0. The van der Waals surface area contributed by atoms with Crippen LogP contribution < -0.4 is 24.4 Å². The molecule has 1 atom stereocenters. The lowest BCUT2D eigenvalue weighted by molar-refractivity contribution is 0.0600. The number of allylic oxidation sites excluding steroid dienone is 1. The Kier molecular flexibility index (Phi) is 6.40. The van der Waals surface area contributed by atoms with Crippen LogP contribution in [0.1, 0.15) is 45.1 Å². The average Bonchev–Trinajstić information content (AvgIpc) is 3.29. The van der Waals surface area contributed by atoms with E-state index in [1.165, 1.54) is 24.0 Å². The zero-order valence-electron chi connectivity index (χ0n) is 21.8. The first-order valence-corrected chi connectivity index (χ1v) is 13.4. The highest BCUT2D eigenvalue weighted by Gasteiger charge is 2.34. The van der Waals surface area contributed by atoms with Crippen LogP contribution in [0, 0.1) is 0 Å². The average molecular weight is 539 g/mol. The van der Waals surface area contributed by atoms with Crippen molar-refractivity contribution in [2.24, 2.45) is 4.99 Å². The second-order valence-electron chi connectivity index (χ2n) is 9.34. The lowest BCUT2D eigenvalue weighted by Crippen LogP contribution is -2.39. The number of benzene rings is 3. The van der Waals surface area contributed by atoms with Crippen LogP contribution in [0.5, 0.6) is 11.5 Å². The molecule has 0 N–H and O–H groups in total. The predicted molar refractivity (Wildman–Crippen MR) is 150 cm³/mol. The summed E-state index contributed by atoms with van der Waals surface area (Å²) in [5, 5.41) is 0. The molecule has 0 saturated carbocycles. The van der Waals surface area contributed by atoms with Gasteiger partial charge in [0, 0.05) is 11.1 Å². The number of aromatic nitrogens is 1. The first-order chi connectivity index (χ1) is 19.0. The van der Waals surface area contributed by atoms with Gasteiger partial charge in [0.15, 0.2) is 4.80 Å². The first kappa shape index (κ1) is 24.9. The zero-order valence-corrected chi connectivity index (χ0v) is 22.6. The van der Waals surface area contributed by atoms with Crippen LogP contribution in [0.3, 0.4) is 0 Å². The van der Waals surface area contributed by atoms with E-state index in [0.717, 1.165) is 40.8 Å². The first-order valence-electron chi connectivity index (χ1n) is 12.6. The van der Waals surface area contributed by atoms with E-state index in [4.69, 9.17) is 19.2 Å². The number of aryl methyl sites for hydroxylation is 1. The largest absolute Gasteiger partial charge is 0.497 e. The predicted octanol–water partition coefficient (Wildman–Crippen LogP) is 4.12. The summed E-state index contributed by atoms with van der Waals surface area (Å²) in [7, 11) is 4.62. The third kappa shape index (κ3) is 4.27. The maximum atomic E-state index is 14.0. The van der Waals surface area contributed by atoms with Crippen molar-refractivity contribution in [3.63, 3.8) is 0 Å². The Balaban J connectivity index is 1.59. The van der Waals surface area contributed by atoms with E-state index in [-0.39, 0.29) is 5.56 Å². The molecule has 0 saturated heterocycles. The van der Waals surface area contributed by atoms with Crippen LogP contribution in [-0.4, -0.2) is 31.9 Å². The quantitative estimate of drug-likeness (QED) is 0.357. The van der Waals surface area contributed by atoms with Gasteiger partial charge in [0.2, 0.25) is 0 Å². The van der Waals surface area contributed by atoms with Crippen molar-refractivity contribution < 1.29 is 19.0 Å². The molecular weight excluding hydrogens is 512 g/mol. The van der Waals surface area contributed by atoms with Crippen molar-refractivity contribution in [3.8, 4) is 11.5 Å². The topological polar surface area (TPSA) is 79.1 Å². The third-order valence-electron chi connectivity index (χ3n) is 7.23. The van der Waals surface area contributed by atoms with Gasteiger partial charge >= 0.3 is 5.97 Å². The van der Waals surface area contributed by atoms with Gasteiger partial charge in [-0.3, -0.25) is 9.36 Å². The number of fused-ring (bicyclic) bond motifs is 3. The number of thiazole rings is 1. The van der Waals surface area contributed by atoms with E-state index in [9.17, 15) is 9.59 Å². The molecule has 0 radical (unpaired) electrons. The molecule has 4 aromatic rings. The Bertz CT molecular complexity index is 1810. The number of methoxy groups -OCH3 is 3. The number of esters is 1. The van der Waals surface area contributed by atoms with Gasteiger partial charge in [-0.1, -0.05) is 47.7 Å². The molecule has 196 valence electrons. The van der Waals surface area contributed by atoms with Gasteiger partial charge in [0.25, 0.3) is 5.56 Å². The van der Waals surface area contributed by atoms with Gasteiger partial charge in [0.05, 0.1) is 43.2 Å². The van der Waals surface area contributed by atoms with Gasteiger partial charge in [-0.05, 0) is 65.9 Å². The summed E-state index contributed by atoms with van der Waals surface area (Å²) < 4.78 is 18.5. The number of ether oxygens (including phenoxy) is 3. The molecule has 3 aromatic carbocycles. The number of hydrogen-bond acceptors (Lipinski definition) is 7. The maximum Gasteiger partial charge on any atom is 0.337 e. The number of hydrogen-bond donors (Lipinski definition) is 0. The van der Waals surface area contributed by atoms with Crippen LogP contribution >= 0.6 is 11.3 Å². The molecule has 1 aromatic heterocycles. The Morgan fingerprint density at radius 1 is 1.00 bits per heavy atom. The summed E-state index contributed by atoms with van der Waals surface area (Å²) in [5.74, 6) is 0.967. The van der Waals surface area contributed by atoms with Crippen molar-refractivity contribution in [1.82, 2.24) is 4.57 Å². The van der Waals surface area contributed by atoms with Crippen molar-refractivity contribution >= 4 is 29.1 Å². The molecular formula is C31H26N2O5S. The number of carbonyl (C=O) groups is 1. The monoisotopic (exact) mass is 538 g/mol. The van der Waals surface area contributed by atoms with Crippen molar-refractivity contribution in [2.45, 2.75) is 18.9 Å². The number of rotatable bonds is 5. The van der Waals surface area contributed by atoms with Gasteiger partial charge < -0.3 is 14.2 Å². The smallest absolute Gasteiger partial charge is 0.337 e. The highest BCUT2D eigenvalue weighted by atomic mass is 32.1. The minimum atomic E-state index is -0.404. The molecule has 0 spiro atoms. The Morgan fingerprint density at radius 3 is 2.54 bits per heavy atom. The van der Waals surface area contributed by atoms with Crippen molar-refractivity contribution in [2.75, 3.05) is 21.3 Å². The molecule has 0 amide bonds. The minimum absolute atomic E-state index is 0.129. The van der Waals surface area contributed by atoms with Gasteiger partial charge in [0.1, 0.15) is 11.5 Å². The molecule has 0 bridgehead atoms. The number of nitrogens with zero attached hydrogens (tertiary/aromatic N) is 2. The van der Waals surface area contributed by atoms with Gasteiger partial charge in [-0.25, -0.2) is 9.79 Å². The van der Waals surface area contributed by atoms with E-state index in [1.807, 2.05) is 30.3 Å². The lowest BCUT2D eigenvalue weighted by atomic mass is 9.83. The van der Waals surface area contributed by atoms with E-state index < -0.39 is 12.0 Å². The SMILES string of the molecule is COC(=O)c1ccc(C=c2sc3n(c2=O)C(c2cc(OC)ccc2OC)C2=C(N=3)c3ccccc3CC2)cc1. The fourth-order valence-corrected chi connectivity index (χ4v) is 6.34. The summed E-state index contributed by atoms with van der Waals surface area (Å²) in [6.45, 7) is 0. The van der Waals surface area contributed by atoms with Crippen LogP contribution in [0.4, 0.5) is 0 Å². The molecule has 1 aliphatic heterocycles. The Hall–Kier alpha value is -4.43. The highest BCUT2D eigenvalue weighted by molar-refractivity contribution is 7.07. The zero-order chi connectivity index (χ0) is 27.1. The second kappa shape index (κ2) is 10.0. The van der Waals surface area contributed by atoms with Gasteiger partial charge in [-0.2, -0.15) is 0 Å². The summed E-state index contributed by atoms with van der Waals surface area (Å²) in [5.41, 5.74) is 6.33. The summed E-state index contributed by atoms with van der Waals surface area (Å²) in [6.07, 6.45) is 3.48. The molecule has 1 aliphatic carbocycles. The van der Waals surface area contributed by atoms with Crippen molar-refractivity contribution in [3.05, 3.63) is 120 Å². The summed E-state index contributed by atoms with van der Waals surface area (Å²) >= 11 is 1.35. The van der Waals surface area contributed by atoms with Crippen LogP contribution in [-0.2, 0) is 11.2 Å². The van der Waals surface area contributed by atoms with Crippen LogP contribution in [0.15, 0.2) is 82.1 Å². The molecule has 39 heavy (non-hydrogen) atoms. The van der Waals surface area contributed by atoms with E-state index in [0.29, 0.717) is 26.4 Å². The molecule has 1 unspecified atom stereocenters. The Labute approximate surface area is 228 Å². The van der Waals surface area contributed by atoms with Gasteiger partial charge in [-0.15, -0.1) is 0 Å². The van der Waals surface area contributed by atoms with E-state index in [2.05, 4.69) is 18.2 Å². The minimum Gasteiger partial charge on any atom is -0.497 e. The molecule has 2 heterocycles. The fraction of sp³-hybridized carbons (Fsp3) is 0.194. The molecule has 0 fully saturated rings. The van der Waals surface area contributed by atoms with E-state index >= 15 is 0 Å². The molecule has 2 aliphatic rings. The third-order valence-corrected chi connectivity index (χ3v) is 8.22. The highest BCUT2D eigenvalue weighted by Crippen LogP contribution is 2.44. The van der Waals surface area contributed by atoms with E-state index in [1.54, 1.807) is 43.1 Å². The summed E-state index contributed by atoms with van der Waals surface area (Å²) in [4.78, 5) is 31.5. The molecule has 8 heteroatoms. The molecule has 6 rings (SSSR count). The number of carbonyl (C=O) groups excluding carboxylic acids is 1. The fourth-order valence-electron chi connectivity index (χ4n) is 5.34. The standard InChI is InChI=1S/C31H26N2O5S/c1-36-21-13-15-25(37-2)24(17-21)28-23-14-12-19-6-4-5-7-22(19)27(23)32-31-33(28)29(34)26(39-31)16-18-8-10-20(11-9-18)30(35)38-3/h4-11,13,15-17,28H,12,14H2,1-3H3. The van der Waals surface area contributed by atoms with Crippen LogP contribution in [0.25, 0.3) is 11.8 Å². The molecule has 7 nitrogen and oxygen atoms in total. The van der Waals surface area contributed by atoms with Crippen LogP contribution in [0.2, 0.25) is 0 Å². The lowest BCUT2D eigenvalue weighted by Gasteiger charge is -2.31.